The van der Waals surface area contributed by atoms with E-state index in [4.69, 9.17) is 34.8 Å². The lowest BCUT2D eigenvalue weighted by Crippen LogP contribution is -2.27. The highest BCUT2D eigenvalue weighted by molar-refractivity contribution is 6.68. The molecule has 0 fully saturated rings. The van der Waals surface area contributed by atoms with Crippen molar-refractivity contribution in [3.05, 3.63) is 18.3 Å². The number of hydrogen-bond acceptors (Lipinski definition) is 4. The van der Waals surface area contributed by atoms with Gasteiger partial charge in [0.1, 0.15) is 23.8 Å². The molecule has 2 N–H and O–H groups in total. The lowest BCUT2D eigenvalue weighted by atomic mass is 10.3. The molecule has 0 aliphatic carbocycles. The lowest BCUT2D eigenvalue weighted by Gasteiger charge is -2.17. The molecule has 2 rings (SSSR count). The van der Waals surface area contributed by atoms with Crippen LogP contribution in [-0.4, -0.2) is 34.9 Å². The minimum atomic E-state index is -1.73. The van der Waals surface area contributed by atoms with Gasteiger partial charge in [0.25, 0.3) is 0 Å². The van der Waals surface area contributed by atoms with Crippen LogP contribution in [0.3, 0.4) is 0 Å². The van der Waals surface area contributed by atoms with Gasteiger partial charge in [-0.3, -0.25) is 0 Å². The number of halogens is 3. The molecule has 8 heteroatoms. The Balaban J connectivity index is 2.22. The first-order valence-electron chi connectivity index (χ1n) is 4.36. The van der Waals surface area contributed by atoms with Crippen LogP contribution in [0.2, 0.25) is 0 Å². The van der Waals surface area contributed by atoms with Crippen molar-refractivity contribution in [2.24, 2.45) is 0 Å². The van der Waals surface area contributed by atoms with E-state index >= 15 is 0 Å². The van der Waals surface area contributed by atoms with Crippen LogP contribution in [0.5, 0.6) is 0 Å². The molecule has 0 aromatic carbocycles. The van der Waals surface area contributed by atoms with Crippen molar-refractivity contribution in [3.8, 4) is 0 Å². The number of fused-ring (bicyclic) bond motifs is 1. The first-order chi connectivity index (χ1) is 7.47. The smallest absolute Gasteiger partial charge is 0.216 e. The summed E-state index contributed by atoms with van der Waals surface area (Å²) in [6, 6.07) is 0. The van der Waals surface area contributed by atoms with Crippen molar-refractivity contribution in [2.75, 3.05) is 0 Å². The third-order valence-corrected chi connectivity index (χ3v) is 2.73. The molecule has 0 aliphatic rings. The van der Waals surface area contributed by atoms with Gasteiger partial charge in [-0.05, 0) is 0 Å². The van der Waals surface area contributed by atoms with Gasteiger partial charge in [-0.25, -0.2) is 15.0 Å². The summed E-state index contributed by atoms with van der Waals surface area (Å²) in [4.78, 5) is 14.8. The van der Waals surface area contributed by atoms with Crippen LogP contribution in [0.25, 0.3) is 11.2 Å². The Morgan fingerprint density at radius 2 is 2.19 bits per heavy atom. The summed E-state index contributed by atoms with van der Waals surface area (Å²) in [6.07, 6.45) is 1.94. The molecule has 5 nitrogen and oxygen atoms in total. The van der Waals surface area contributed by atoms with E-state index in [1.165, 1.54) is 6.33 Å². The number of alkyl halides is 3. The molecular weight excluding hydrogens is 274 g/mol. The van der Waals surface area contributed by atoms with Crippen LogP contribution in [0.1, 0.15) is 5.82 Å². The zero-order valence-corrected chi connectivity index (χ0v) is 10.1. The van der Waals surface area contributed by atoms with Gasteiger partial charge >= 0.3 is 0 Å². The Labute approximate surface area is 106 Å². The highest BCUT2D eigenvalue weighted by atomic mass is 35.6. The maximum atomic E-state index is 9.57. The predicted molar refractivity (Wildman–Crippen MR) is 61.7 cm³/mol. The Kier molecular flexibility index (Phi) is 3.21. The Bertz CT molecular complexity index is 462. The third kappa shape index (κ3) is 2.55. The van der Waals surface area contributed by atoms with E-state index in [0.717, 1.165) is 0 Å². The minimum absolute atomic E-state index is 0.104. The fourth-order valence-corrected chi connectivity index (χ4v) is 1.44. The van der Waals surface area contributed by atoms with Gasteiger partial charge in [-0.2, -0.15) is 0 Å². The minimum Gasteiger partial charge on any atom is -0.388 e. The second kappa shape index (κ2) is 4.33. The molecule has 0 bridgehead atoms. The fraction of sp³-hybridized carbons (Fsp3) is 0.375. The van der Waals surface area contributed by atoms with Crippen molar-refractivity contribution in [1.82, 2.24) is 19.9 Å². The molecule has 0 aliphatic heterocycles. The number of H-pyrrole nitrogens is 1. The van der Waals surface area contributed by atoms with Crippen LogP contribution < -0.4 is 0 Å². The van der Waals surface area contributed by atoms with Gasteiger partial charge in [0.2, 0.25) is 3.79 Å². The van der Waals surface area contributed by atoms with E-state index in [-0.39, 0.29) is 6.42 Å². The summed E-state index contributed by atoms with van der Waals surface area (Å²) < 4.78 is -1.73. The molecular formula is C8H7Cl3N4O. The lowest BCUT2D eigenvalue weighted by molar-refractivity contribution is 0.177. The van der Waals surface area contributed by atoms with Gasteiger partial charge in [0, 0.05) is 6.42 Å². The van der Waals surface area contributed by atoms with E-state index in [9.17, 15) is 5.11 Å². The number of rotatable bonds is 2. The number of imidazole rings is 1. The van der Waals surface area contributed by atoms with Crippen LogP contribution >= 0.6 is 34.8 Å². The molecule has 86 valence electrons. The predicted octanol–water partition coefficient (Wildman–Crippen LogP) is 1.63. The van der Waals surface area contributed by atoms with Crippen LogP contribution in [0, 0.1) is 0 Å². The van der Waals surface area contributed by atoms with Crippen LogP contribution in [0.4, 0.5) is 0 Å². The Hall–Kier alpha value is -0.620. The standard InChI is InChI=1S/C8H7Cl3N4O/c9-8(10,11)5(16)1-6-14-4-2-12-3-13-7(4)15-6/h2-3,5,16H,1H2,(H,12,13,14,15). The number of aromatic nitrogens is 4. The SMILES string of the molecule is OC(Cc1nc2ncncc2[nH]1)C(Cl)(Cl)Cl. The molecule has 2 aromatic rings. The first-order valence-corrected chi connectivity index (χ1v) is 5.49. The average Bonchev–Trinajstić information content (AvgIpc) is 2.58. The average molecular weight is 282 g/mol. The number of nitrogens with one attached hydrogen (secondary N) is 1. The fourth-order valence-electron chi connectivity index (χ4n) is 1.21. The molecule has 2 aromatic heterocycles. The maximum Gasteiger partial charge on any atom is 0.216 e. The summed E-state index contributed by atoms with van der Waals surface area (Å²) >= 11 is 16.6. The topological polar surface area (TPSA) is 74.7 Å². The van der Waals surface area contributed by atoms with E-state index in [1.54, 1.807) is 6.20 Å². The monoisotopic (exact) mass is 280 g/mol. The normalized spacial score (nSPS) is 14.2. The highest BCUT2D eigenvalue weighted by Gasteiger charge is 2.31. The van der Waals surface area contributed by atoms with E-state index in [2.05, 4.69) is 19.9 Å². The number of hydrogen-bond donors (Lipinski definition) is 2. The second-order valence-corrected chi connectivity index (χ2v) is 5.57. The molecule has 1 unspecified atom stereocenters. The van der Waals surface area contributed by atoms with E-state index in [1.807, 2.05) is 0 Å². The van der Waals surface area contributed by atoms with Gasteiger partial charge in [0.05, 0.1) is 6.20 Å². The maximum absolute atomic E-state index is 9.57. The van der Waals surface area contributed by atoms with Crippen molar-refractivity contribution < 1.29 is 5.11 Å². The number of nitrogens with zero attached hydrogens (tertiary/aromatic N) is 3. The quantitative estimate of drug-likeness (QED) is 0.821. The summed E-state index contributed by atoms with van der Waals surface area (Å²) in [5.41, 5.74) is 1.19. The number of aliphatic hydroxyl groups excluding tert-OH is 1. The van der Waals surface area contributed by atoms with Gasteiger partial charge < -0.3 is 10.1 Å². The van der Waals surface area contributed by atoms with Crippen molar-refractivity contribution in [3.63, 3.8) is 0 Å². The van der Waals surface area contributed by atoms with Crippen molar-refractivity contribution in [1.29, 1.82) is 0 Å². The zero-order valence-electron chi connectivity index (χ0n) is 7.86. The Morgan fingerprint density at radius 1 is 1.44 bits per heavy atom. The van der Waals surface area contributed by atoms with Crippen LogP contribution in [0.15, 0.2) is 12.5 Å². The van der Waals surface area contributed by atoms with Crippen molar-refractivity contribution in [2.45, 2.75) is 16.3 Å². The molecule has 0 spiro atoms. The second-order valence-electron chi connectivity index (χ2n) is 3.21. The van der Waals surface area contributed by atoms with Gasteiger partial charge in [-0.1, -0.05) is 34.8 Å². The van der Waals surface area contributed by atoms with Gasteiger partial charge in [-0.15, -0.1) is 0 Å². The molecule has 0 amide bonds. The summed E-state index contributed by atoms with van der Waals surface area (Å²) in [5, 5.41) is 9.57. The number of aromatic amines is 1. The first kappa shape index (κ1) is 11.9. The van der Waals surface area contributed by atoms with Crippen LogP contribution in [-0.2, 0) is 6.42 Å². The molecule has 0 saturated heterocycles. The van der Waals surface area contributed by atoms with E-state index < -0.39 is 9.90 Å². The highest BCUT2D eigenvalue weighted by Crippen LogP contribution is 2.31. The van der Waals surface area contributed by atoms with Crippen molar-refractivity contribution >= 4 is 46.0 Å². The third-order valence-electron chi connectivity index (χ3n) is 1.98. The van der Waals surface area contributed by atoms with E-state index in [0.29, 0.717) is 17.0 Å². The summed E-state index contributed by atoms with van der Waals surface area (Å²) in [5.74, 6) is 0.495. The summed E-state index contributed by atoms with van der Waals surface area (Å²) in [7, 11) is 0. The summed E-state index contributed by atoms with van der Waals surface area (Å²) in [6.45, 7) is 0. The molecule has 16 heavy (non-hydrogen) atoms. The number of aliphatic hydroxyl groups is 1. The Morgan fingerprint density at radius 3 is 2.81 bits per heavy atom. The molecule has 0 saturated carbocycles. The molecule has 2 heterocycles. The molecule has 1 atom stereocenters. The largest absolute Gasteiger partial charge is 0.388 e. The molecule has 0 radical (unpaired) electrons. The zero-order chi connectivity index (χ0) is 11.8. The van der Waals surface area contributed by atoms with Gasteiger partial charge in [0.15, 0.2) is 5.65 Å².